The predicted octanol–water partition coefficient (Wildman–Crippen LogP) is 3.69. The van der Waals surface area contributed by atoms with E-state index in [9.17, 15) is 9.59 Å². The van der Waals surface area contributed by atoms with Crippen molar-refractivity contribution in [3.8, 4) is 11.5 Å². The number of morpholine rings is 1. The molecule has 2 aromatic rings. The molecule has 1 aliphatic heterocycles. The molecule has 8 heteroatoms. The van der Waals surface area contributed by atoms with Gasteiger partial charge < -0.3 is 24.4 Å². The van der Waals surface area contributed by atoms with E-state index in [1.54, 1.807) is 25.6 Å². The van der Waals surface area contributed by atoms with Gasteiger partial charge in [-0.25, -0.2) is 0 Å². The monoisotopic (exact) mass is 458 g/mol. The van der Waals surface area contributed by atoms with Gasteiger partial charge in [0.05, 0.1) is 33.0 Å². The number of aryl methyl sites for hydroxylation is 2. The van der Waals surface area contributed by atoms with E-state index in [0.29, 0.717) is 61.2 Å². The van der Waals surface area contributed by atoms with E-state index in [0.717, 1.165) is 36.8 Å². The Labute approximate surface area is 192 Å². The molecule has 1 N–H and O–H groups in total. The molecule has 2 amide bonds. The van der Waals surface area contributed by atoms with Crippen LogP contribution in [0.3, 0.4) is 0 Å². The van der Waals surface area contributed by atoms with Gasteiger partial charge in [-0.15, -0.1) is 11.3 Å². The number of ether oxygens (including phenoxy) is 3. The Bertz CT molecular complexity index is 959. The summed E-state index contributed by atoms with van der Waals surface area (Å²) in [6, 6.07) is 5.63. The first kappa shape index (κ1) is 22.6. The Morgan fingerprint density at radius 1 is 1.06 bits per heavy atom. The summed E-state index contributed by atoms with van der Waals surface area (Å²) < 4.78 is 16.0. The minimum atomic E-state index is -0.0959. The number of nitrogens with zero attached hydrogens (tertiary/aromatic N) is 1. The third-order valence-corrected chi connectivity index (χ3v) is 7.20. The molecule has 1 saturated heterocycles. The second-order valence-electron chi connectivity index (χ2n) is 8.09. The fourth-order valence-corrected chi connectivity index (χ4v) is 5.56. The van der Waals surface area contributed by atoms with Gasteiger partial charge in [-0.2, -0.15) is 0 Å². The number of hydrogen-bond donors (Lipinski definition) is 1. The highest BCUT2D eigenvalue weighted by molar-refractivity contribution is 7.17. The average Bonchev–Trinajstić information content (AvgIpc) is 3.20. The normalized spacial score (nSPS) is 15.8. The molecule has 2 heterocycles. The molecule has 4 rings (SSSR count). The first-order chi connectivity index (χ1) is 15.6. The number of thiophene rings is 1. The first-order valence-electron chi connectivity index (χ1n) is 11.1. The summed E-state index contributed by atoms with van der Waals surface area (Å²) >= 11 is 1.57. The van der Waals surface area contributed by atoms with Gasteiger partial charge in [0.2, 0.25) is 5.91 Å². The van der Waals surface area contributed by atoms with Crippen molar-refractivity contribution in [3.05, 3.63) is 39.8 Å². The van der Waals surface area contributed by atoms with Crippen molar-refractivity contribution in [1.29, 1.82) is 0 Å². The molecule has 0 radical (unpaired) electrons. The van der Waals surface area contributed by atoms with Crippen molar-refractivity contribution in [2.75, 3.05) is 45.8 Å². The summed E-state index contributed by atoms with van der Waals surface area (Å²) in [5.41, 5.74) is 2.79. The SMILES string of the molecule is COc1cc(CCC(=O)Nc2sc3c(c2C(=O)N2CCOCC2)CCCC3)cc(OC)c1. The maximum Gasteiger partial charge on any atom is 0.257 e. The summed E-state index contributed by atoms with van der Waals surface area (Å²) in [7, 11) is 3.22. The summed E-state index contributed by atoms with van der Waals surface area (Å²) in [6.45, 7) is 2.30. The zero-order chi connectivity index (χ0) is 22.5. The number of rotatable bonds is 7. The molecule has 0 atom stereocenters. The number of carbonyl (C=O) groups excluding carboxylic acids is 2. The van der Waals surface area contributed by atoms with Crippen molar-refractivity contribution in [3.63, 3.8) is 0 Å². The van der Waals surface area contributed by atoms with Crippen molar-refractivity contribution >= 4 is 28.2 Å². The molecule has 0 spiro atoms. The van der Waals surface area contributed by atoms with Crippen LogP contribution < -0.4 is 14.8 Å². The van der Waals surface area contributed by atoms with Crippen LogP contribution in [0, 0.1) is 0 Å². The molecular formula is C24H30N2O5S. The number of nitrogens with one attached hydrogen (secondary N) is 1. The molecule has 0 bridgehead atoms. The quantitative estimate of drug-likeness (QED) is 0.685. The molecule has 32 heavy (non-hydrogen) atoms. The van der Waals surface area contributed by atoms with E-state index < -0.39 is 0 Å². The van der Waals surface area contributed by atoms with Gasteiger partial charge in [0, 0.05) is 30.5 Å². The molecule has 1 aromatic heterocycles. The summed E-state index contributed by atoms with van der Waals surface area (Å²) in [5, 5.41) is 3.75. The van der Waals surface area contributed by atoms with E-state index in [4.69, 9.17) is 14.2 Å². The number of fused-ring (bicyclic) bond motifs is 1. The van der Waals surface area contributed by atoms with E-state index >= 15 is 0 Å². The molecular weight excluding hydrogens is 428 g/mol. The number of benzene rings is 1. The summed E-state index contributed by atoms with van der Waals surface area (Å²) in [6.07, 6.45) is 4.95. The van der Waals surface area contributed by atoms with Crippen LogP contribution >= 0.6 is 11.3 Å². The van der Waals surface area contributed by atoms with Crippen molar-refractivity contribution < 1.29 is 23.8 Å². The third-order valence-electron chi connectivity index (χ3n) is 5.99. The number of amides is 2. The number of carbonyl (C=O) groups is 2. The fourth-order valence-electron chi connectivity index (χ4n) is 4.26. The van der Waals surface area contributed by atoms with Gasteiger partial charge in [0.15, 0.2) is 0 Å². The molecule has 0 unspecified atom stereocenters. The zero-order valence-electron chi connectivity index (χ0n) is 18.7. The Hall–Kier alpha value is -2.58. The number of methoxy groups -OCH3 is 2. The third kappa shape index (κ3) is 5.07. The van der Waals surface area contributed by atoms with Crippen LogP contribution in [0.15, 0.2) is 18.2 Å². The minimum Gasteiger partial charge on any atom is -0.497 e. The van der Waals surface area contributed by atoms with Crippen LogP contribution in [-0.2, 0) is 28.8 Å². The zero-order valence-corrected chi connectivity index (χ0v) is 19.5. The maximum absolute atomic E-state index is 13.4. The van der Waals surface area contributed by atoms with Gasteiger partial charge >= 0.3 is 0 Å². The molecule has 1 aromatic carbocycles. The Kier molecular flexibility index (Phi) is 7.32. The lowest BCUT2D eigenvalue weighted by molar-refractivity contribution is -0.116. The van der Waals surface area contributed by atoms with Gasteiger partial charge in [-0.1, -0.05) is 0 Å². The number of hydrogen-bond acceptors (Lipinski definition) is 6. The number of anilines is 1. The lowest BCUT2D eigenvalue weighted by atomic mass is 9.95. The largest absolute Gasteiger partial charge is 0.497 e. The van der Waals surface area contributed by atoms with Gasteiger partial charge in [-0.3, -0.25) is 9.59 Å². The highest BCUT2D eigenvalue weighted by Gasteiger charge is 2.30. The highest BCUT2D eigenvalue weighted by atomic mass is 32.1. The second-order valence-corrected chi connectivity index (χ2v) is 9.19. The smallest absolute Gasteiger partial charge is 0.257 e. The van der Waals surface area contributed by atoms with Crippen LogP contribution in [-0.4, -0.2) is 57.2 Å². The van der Waals surface area contributed by atoms with Crippen LogP contribution in [0.5, 0.6) is 11.5 Å². The maximum atomic E-state index is 13.4. The van der Waals surface area contributed by atoms with Crippen LogP contribution in [0.1, 0.15) is 45.6 Å². The van der Waals surface area contributed by atoms with E-state index in [2.05, 4.69) is 5.32 Å². The van der Waals surface area contributed by atoms with Crippen molar-refractivity contribution in [2.45, 2.75) is 38.5 Å². The van der Waals surface area contributed by atoms with Crippen LogP contribution in [0.2, 0.25) is 0 Å². The Morgan fingerprint density at radius 2 is 1.75 bits per heavy atom. The highest BCUT2D eigenvalue weighted by Crippen LogP contribution is 2.39. The lowest BCUT2D eigenvalue weighted by Gasteiger charge is -2.27. The predicted molar refractivity (Wildman–Crippen MR) is 124 cm³/mol. The van der Waals surface area contributed by atoms with Crippen molar-refractivity contribution in [2.24, 2.45) is 0 Å². The standard InChI is InChI=1S/C24H30N2O5S/c1-29-17-13-16(14-18(15-17)30-2)7-8-21(27)25-23-22(19-5-3-4-6-20(19)32-23)24(28)26-9-11-31-12-10-26/h13-15H,3-12H2,1-2H3,(H,25,27). The molecule has 1 aliphatic carbocycles. The van der Waals surface area contributed by atoms with Gasteiger partial charge in [0.25, 0.3) is 5.91 Å². The average molecular weight is 459 g/mol. The van der Waals surface area contributed by atoms with Crippen LogP contribution in [0.4, 0.5) is 5.00 Å². The Balaban J connectivity index is 1.49. The van der Waals surface area contributed by atoms with Crippen molar-refractivity contribution in [1.82, 2.24) is 4.90 Å². The first-order valence-corrected chi connectivity index (χ1v) is 11.9. The van der Waals surface area contributed by atoms with E-state index in [1.807, 2.05) is 23.1 Å². The van der Waals surface area contributed by atoms with Gasteiger partial charge in [-0.05, 0) is 55.4 Å². The molecule has 172 valence electrons. The molecule has 7 nitrogen and oxygen atoms in total. The van der Waals surface area contributed by atoms with Gasteiger partial charge in [0.1, 0.15) is 16.5 Å². The summed E-state index contributed by atoms with van der Waals surface area (Å²) in [4.78, 5) is 29.3. The molecule has 1 fully saturated rings. The van der Waals surface area contributed by atoms with E-state index in [1.165, 1.54) is 4.88 Å². The second kappa shape index (κ2) is 10.4. The topological polar surface area (TPSA) is 77.1 Å². The van der Waals surface area contributed by atoms with E-state index in [-0.39, 0.29) is 11.8 Å². The summed E-state index contributed by atoms with van der Waals surface area (Å²) in [5.74, 6) is 1.31. The minimum absolute atomic E-state index is 0.0144. The molecule has 2 aliphatic rings. The Morgan fingerprint density at radius 3 is 2.44 bits per heavy atom. The fraction of sp³-hybridized carbons (Fsp3) is 0.500. The molecule has 0 saturated carbocycles. The lowest BCUT2D eigenvalue weighted by Crippen LogP contribution is -2.41. The van der Waals surface area contributed by atoms with Crippen LogP contribution in [0.25, 0.3) is 0 Å².